The molecule has 13 heavy (non-hydrogen) atoms. The molecule has 0 N–H and O–H groups in total. The van der Waals surface area contributed by atoms with E-state index >= 15 is 0 Å². The van der Waals surface area contributed by atoms with E-state index in [9.17, 15) is 4.79 Å². The van der Waals surface area contributed by atoms with E-state index in [-0.39, 0.29) is 0 Å². The maximum atomic E-state index is 10.6. The van der Waals surface area contributed by atoms with Crippen molar-refractivity contribution < 1.29 is 9.53 Å². The van der Waals surface area contributed by atoms with E-state index < -0.39 is 0 Å². The van der Waals surface area contributed by atoms with Crippen molar-refractivity contribution in [1.29, 1.82) is 0 Å². The Labute approximate surface area is 77.5 Å². The molecule has 1 aromatic rings. The van der Waals surface area contributed by atoms with Crippen LogP contribution < -0.4 is 4.74 Å². The van der Waals surface area contributed by atoms with Crippen LogP contribution in [-0.4, -0.2) is 12.4 Å². The second kappa shape index (κ2) is 3.21. The van der Waals surface area contributed by atoms with E-state index in [0.29, 0.717) is 6.10 Å². The Morgan fingerprint density at radius 2 is 2.23 bits per heavy atom. The van der Waals surface area contributed by atoms with Gasteiger partial charge in [0.15, 0.2) is 0 Å². The molecule has 0 spiro atoms. The molecule has 1 fully saturated rings. The van der Waals surface area contributed by atoms with Crippen LogP contribution in [0.4, 0.5) is 0 Å². The van der Waals surface area contributed by atoms with Gasteiger partial charge >= 0.3 is 0 Å². The summed E-state index contributed by atoms with van der Waals surface area (Å²) in [4.78, 5) is 10.6. The first-order valence-corrected chi connectivity index (χ1v) is 4.52. The highest BCUT2D eigenvalue weighted by molar-refractivity contribution is 5.78. The highest BCUT2D eigenvalue weighted by Crippen LogP contribution is 2.29. The van der Waals surface area contributed by atoms with Gasteiger partial charge in [-0.25, -0.2) is 0 Å². The van der Waals surface area contributed by atoms with Crippen LogP contribution in [0, 0.1) is 6.92 Å². The van der Waals surface area contributed by atoms with Gasteiger partial charge in [-0.05, 0) is 25.8 Å². The summed E-state index contributed by atoms with van der Waals surface area (Å²) in [5, 5.41) is 0. The molecule has 1 aliphatic rings. The first-order chi connectivity index (χ1) is 6.31. The molecule has 1 aliphatic carbocycles. The molecule has 0 radical (unpaired) electrons. The van der Waals surface area contributed by atoms with Gasteiger partial charge < -0.3 is 4.74 Å². The Hall–Kier alpha value is -1.31. The molecule has 68 valence electrons. The number of rotatable bonds is 3. The predicted octanol–water partition coefficient (Wildman–Crippen LogP) is 2.35. The van der Waals surface area contributed by atoms with Crippen LogP contribution in [0.25, 0.3) is 0 Å². The van der Waals surface area contributed by atoms with Crippen LogP contribution in [0.3, 0.4) is 0 Å². The lowest BCUT2D eigenvalue weighted by Crippen LogP contribution is -1.99. The average Bonchev–Trinajstić information content (AvgIpc) is 2.92. The fourth-order valence-electron chi connectivity index (χ4n) is 1.25. The van der Waals surface area contributed by atoms with E-state index in [1.165, 1.54) is 0 Å². The lowest BCUT2D eigenvalue weighted by Gasteiger charge is -2.08. The summed E-state index contributed by atoms with van der Waals surface area (Å²) >= 11 is 0. The third-order valence-corrected chi connectivity index (χ3v) is 2.27. The fourth-order valence-corrected chi connectivity index (χ4v) is 1.25. The molecule has 0 amide bonds. The molecule has 0 aromatic heterocycles. The molecule has 0 saturated heterocycles. The largest absolute Gasteiger partial charge is 0.490 e. The highest BCUT2D eigenvalue weighted by Gasteiger charge is 2.24. The van der Waals surface area contributed by atoms with E-state index in [4.69, 9.17) is 4.74 Å². The summed E-state index contributed by atoms with van der Waals surface area (Å²) in [5.74, 6) is 0.854. The number of hydrogen-bond acceptors (Lipinski definition) is 2. The molecule has 0 bridgehead atoms. The number of carbonyl (C=O) groups is 1. The number of ether oxygens (including phenoxy) is 1. The monoisotopic (exact) mass is 176 g/mol. The first kappa shape index (κ1) is 8.30. The molecular formula is C11H12O2. The van der Waals surface area contributed by atoms with Crippen molar-refractivity contribution >= 4 is 6.29 Å². The van der Waals surface area contributed by atoms with Crippen molar-refractivity contribution in [2.45, 2.75) is 25.9 Å². The van der Waals surface area contributed by atoms with Crippen LogP contribution >= 0.6 is 0 Å². The van der Waals surface area contributed by atoms with Gasteiger partial charge in [0.1, 0.15) is 12.0 Å². The average molecular weight is 176 g/mol. The first-order valence-electron chi connectivity index (χ1n) is 4.52. The molecule has 1 aromatic carbocycles. The SMILES string of the molecule is Cc1c(C=O)cccc1OC1CC1. The van der Waals surface area contributed by atoms with Crippen LogP contribution in [0.2, 0.25) is 0 Å². The Balaban J connectivity index is 2.27. The second-order valence-corrected chi connectivity index (χ2v) is 3.41. The zero-order valence-corrected chi connectivity index (χ0v) is 7.62. The summed E-state index contributed by atoms with van der Waals surface area (Å²) < 4.78 is 5.64. The smallest absolute Gasteiger partial charge is 0.150 e. The standard InChI is InChI=1S/C11H12O2/c1-8-9(7-12)3-2-4-11(8)13-10-5-6-10/h2-4,7,10H,5-6H2,1H3. The predicted molar refractivity (Wildman–Crippen MR) is 50.2 cm³/mol. The van der Waals surface area contributed by atoms with Gasteiger partial charge in [0, 0.05) is 11.1 Å². The highest BCUT2D eigenvalue weighted by atomic mass is 16.5. The van der Waals surface area contributed by atoms with Gasteiger partial charge in [-0.2, -0.15) is 0 Å². The Bertz CT molecular complexity index is 327. The quantitative estimate of drug-likeness (QED) is 0.661. The molecule has 0 aliphatic heterocycles. The fraction of sp³-hybridized carbons (Fsp3) is 0.364. The van der Waals surface area contributed by atoms with Crippen LogP contribution in [0.1, 0.15) is 28.8 Å². The van der Waals surface area contributed by atoms with Crippen molar-refractivity contribution in [2.24, 2.45) is 0 Å². The van der Waals surface area contributed by atoms with Crippen molar-refractivity contribution in [1.82, 2.24) is 0 Å². The minimum atomic E-state index is 0.389. The molecule has 2 rings (SSSR count). The summed E-state index contributed by atoms with van der Waals surface area (Å²) in [6, 6.07) is 5.58. The third-order valence-electron chi connectivity index (χ3n) is 2.27. The van der Waals surface area contributed by atoms with Crippen LogP contribution in [0.15, 0.2) is 18.2 Å². The molecule has 2 nitrogen and oxygen atoms in total. The molecular weight excluding hydrogens is 164 g/mol. The van der Waals surface area contributed by atoms with Gasteiger partial charge in [0.05, 0.1) is 6.10 Å². The molecule has 1 saturated carbocycles. The summed E-state index contributed by atoms with van der Waals surface area (Å²) in [6.07, 6.45) is 3.55. The second-order valence-electron chi connectivity index (χ2n) is 3.41. The maximum Gasteiger partial charge on any atom is 0.150 e. The summed E-state index contributed by atoms with van der Waals surface area (Å²) in [5.41, 5.74) is 1.67. The zero-order valence-electron chi connectivity index (χ0n) is 7.62. The van der Waals surface area contributed by atoms with Crippen molar-refractivity contribution in [3.8, 4) is 5.75 Å². The molecule has 0 unspecified atom stereocenters. The van der Waals surface area contributed by atoms with Gasteiger partial charge in [-0.1, -0.05) is 12.1 Å². The van der Waals surface area contributed by atoms with E-state index in [2.05, 4.69) is 0 Å². The van der Waals surface area contributed by atoms with Gasteiger partial charge in [-0.3, -0.25) is 4.79 Å². The lowest BCUT2D eigenvalue weighted by atomic mass is 10.1. The third kappa shape index (κ3) is 1.72. The number of aldehydes is 1. The Morgan fingerprint density at radius 3 is 2.85 bits per heavy atom. The number of hydrogen-bond donors (Lipinski definition) is 0. The van der Waals surface area contributed by atoms with E-state index in [0.717, 1.165) is 36.0 Å². The lowest BCUT2D eigenvalue weighted by molar-refractivity contribution is 0.112. The van der Waals surface area contributed by atoms with Gasteiger partial charge in [0.25, 0.3) is 0 Å². The minimum Gasteiger partial charge on any atom is -0.490 e. The molecule has 0 heterocycles. The van der Waals surface area contributed by atoms with Gasteiger partial charge in [0.2, 0.25) is 0 Å². The number of benzene rings is 1. The zero-order chi connectivity index (χ0) is 9.26. The number of carbonyl (C=O) groups excluding carboxylic acids is 1. The summed E-state index contributed by atoms with van der Waals surface area (Å²) in [7, 11) is 0. The normalized spacial score (nSPS) is 15.5. The van der Waals surface area contributed by atoms with Gasteiger partial charge in [-0.15, -0.1) is 0 Å². The van der Waals surface area contributed by atoms with Crippen LogP contribution in [0.5, 0.6) is 5.75 Å². The van der Waals surface area contributed by atoms with Crippen molar-refractivity contribution in [3.63, 3.8) is 0 Å². The summed E-state index contributed by atoms with van der Waals surface area (Å²) in [6.45, 7) is 1.92. The Morgan fingerprint density at radius 1 is 1.46 bits per heavy atom. The molecule has 2 heteroatoms. The topological polar surface area (TPSA) is 26.3 Å². The van der Waals surface area contributed by atoms with Crippen molar-refractivity contribution in [2.75, 3.05) is 0 Å². The van der Waals surface area contributed by atoms with E-state index in [1.54, 1.807) is 0 Å². The van der Waals surface area contributed by atoms with Crippen molar-refractivity contribution in [3.05, 3.63) is 29.3 Å². The Kier molecular flexibility index (Phi) is 2.05. The minimum absolute atomic E-state index is 0.389. The molecule has 0 atom stereocenters. The van der Waals surface area contributed by atoms with E-state index in [1.807, 2.05) is 25.1 Å². The van der Waals surface area contributed by atoms with Crippen LogP contribution in [-0.2, 0) is 0 Å². The maximum absolute atomic E-state index is 10.6.